The maximum atomic E-state index is 4.49. The molecule has 1 aromatic heterocycles. The molecule has 0 fully saturated rings. The second-order valence-electron chi connectivity index (χ2n) is 4.14. The average Bonchev–Trinajstić information content (AvgIpc) is 2.18. The Bertz CT molecular complexity index is 259. The fourth-order valence-electron chi connectivity index (χ4n) is 1.22. The quantitative estimate of drug-likeness (QED) is 0.690. The van der Waals surface area contributed by atoms with E-state index in [1.54, 1.807) is 0 Å². The lowest BCUT2D eigenvalue weighted by Gasteiger charge is -2.21. The zero-order valence-corrected chi connectivity index (χ0v) is 9.09. The fourth-order valence-corrected chi connectivity index (χ4v) is 1.22. The van der Waals surface area contributed by atoms with Crippen LogP contribution in [0, 0.1) is 0 Å². The Kier molecular flexibility index (Phi) is 3.07. The fraction of sp³-hybridized carbons (Fsp3) is 0.583. The highest BCUT2D eigenvalue weighted by molar-refractivity contribution is 5.19. The van der Waals surface area contributed by atoms with Crippen LogP contribution >= 0.6 is 0 Å². The van der Waals surface area contributed by atoms with Crippen molar-refractivity contribution in [3.05, 3.63) is 29.6 Å². The molecule has 1 heterocycles. The minimum absolute atomic E-state index is 0.215. The van der Waals surface area contributed by atoms with Crippen LogP contribution in [0.3, 0.4) is 0 Å². The zero-order valence-electron chi connectivity index (χ0n) is 9.09. The Hall–Kier alpha value is -0.850. The summed E-state index contributed by atoms with van der Waals surface area (Å²) in [6.45, 7) is 8.83. The van der Waals surface area contributed by atoms with Crippen LogP contribution in [-0.4, -0.2) is 4.98 Å². The third-order valence-electron chi connectivity index (χ3n) is 2.81. The molecule has 0 saturated carbocycles. The van der Waals surface area contributed by atoms with Gasteiger partial charge in [-0.15, -0.1) is 0 Å². The average molecular weight is 177 g/mol. The van der Waals surface area contributed by atoms with Crippen molar-refractivity contribution in [3.63, 3.8) is 0 Å². The highest BCUT2D eigenvalue weighted by Crippen LogP contribution is 2.24. The van der Waals surface area contributed by atoms with Crippen LogP contribution in [0.15, 0.2) is 18.3 Å². The third kappa shape index (κ3) is 2.30. The van der Waals surface area contributed by atoms with Gasteiger partial charge in [0, 0.05) is 17.3 Å². The minimum atomic E-state index is 0.215. The molecule has 72 valence electrons. The normalized spacial score (nSPS) is 11.7. The molecule has 0 bridgehead atoms. The van der Waals surface area contributed by atoms with Crippen LogP contribution in [-0.2, 0) is 11.8 Å². The lowest BCUT2D eigenvalue weighted by Crippen LogP contribution is -2.17. The largest absolute Gasteiger partial charge is 0.260 e. The van der Waals surface area contributed by atoms with E-state index >= 15 is 0 Å². The second kappa shape index (κ2) is 3.91. The molecule has 1 heteroatoms. The lowest BCUT2D eigenvalue weighted by molar-refractivity contribution is 0.490. The van der Waals surface area contributed by atoms with Crippen LogP contribution < -0.4 is 0 Å². The number of rotatable bonds is 3. The first-order valence-electron chi connectivity index (χ1n) is 5.05. The van der Waals surface area contributed by atoms with Crippen LogP contribution in [0.25, 0.3) is 0 Å². The Labute approximate surface area is 81.2 Å². The van der Waals surface area contributed by atoms with Crippen molar-refractivity contribution in [3.8, 4) is 0 Å². The van der Waals surface area contributed by atoms with Crippen molar-refractivity contribution in [2.45, 2.75) is 46.0 Å². The summed E-state index contributed by atoms with van der Waals surface area (Å²) in [5.41, 5.74) is 2.73. The summed E-state index contributed by atoms with van der Waals surface area (Å²) in [5.74, 6) is 0. The Morgan fingerprint density at radius 1 is 1.23 bits per heavy atom. The monoisotopic (exact) mass is 177 g/mol. The highest BCUT2D eigenvalue weighted by atomic mass is 14.7. The van der Waals surface area contributed by atoms with Gasteiger partial charge in [0.1, 0.15) is 0 Å². The van der Waals surface area contributed by atoms with Crippen molar-refractivity contribution in [1.82, 2.24) is 4.98 Å². The van der Waals surface area contributed by atoms with E-state index in [0.717, 1.165) is 12.8 Å². The van der Waals surface area contributed by atoms with Gasteiger partial charge in [0.25, 0.3) is 0 Å². The number of hydrogen-bond donors (Lipinski definition) is 0. The molecule has 0 aromatic carbocycles. The van der Waals surface area contributed by atoms with E-state index in [0.29, 0.717) is 0 Å². The van der Waals surface area contributed by atoms with Crippen LogP contribution in [0.2, 0.25) is 0 Å². The summed E-state index contributed by atoms with van der Waals surface area (Å²) in [4.78, 5) is 4.49. The summed E-state index contributed by atoms with van der Waals surface area (Å²) in [6.07, 6.45) is 4.19. The van der Waals surface area contributed by atoms with Gasteiger partial charge in [-0.05, 0) is 24.5 Å². The van der Waals surface area contributed by atoms with E-state index in [1.165, 1.54) is 11.3 Å². The summed E-state index contributed by atoms with van der Waals surface area (Å²) in [6, 6.07) is 4.34. The SMILES string of the molecule is CCc1ccc(C(C)(C)CC)nc1. The molecule has 1 nitrogen and oxygen atoms in total. The van der Waals surface area contributed by atoms with E-state index in [-0.39, 0.29) is 5.41 Å². The standard InChI is InChI=1S/C12H19N/c1-5-10-7-8-11(13-9-10)12(3,4)6-2/h7-9H,5-6H2,1-4H3. The molecule has 0 aliphatic rings. The maximum absolute atomic E-state index is 4.49. The molecular formula is C12H19N. The lowest BCUT2D eigenvalue weighted by atomic mass is 9.86. The first-order chi connectivity index (χ1) is 6.10. The maximum Gasteiger partial charge on any atom is 0.0459 e. The molecule has 0 aliphatic heterocycles. The minimum Gasteiger partial charge on any atom is -0.260 e. The van der Waals surface area contributed by atoms with E-state index < -0.39 is 0 Å². The van der Waals surface area contributed by atoms with Crippen molar-refractivity contribution >= 4 is 0 Å². The molecule has 0 unspecified atom stereocenters. The van der Waals surface area contributed by atoms with Crippen molar-refractivity contribution in [2.75, 3.05) is 0 Å². The first-order valence-corrected chi connectivity index (χ1v) is 5.05. The number of aryl methyl sites for hydroxylation is 1. The molecule has 0 N–H and O–H groups in total. The number of hydrogen-bond acceptors (Lipinski definition) is 1. The molecule has 0 amide bonds. The van der Waals surface area contributed by atoms with Crippen molar-refractivity contribution < 1.29 is 0 Å². The van der Waals surface area contributed by atoms with Gasteiger partial charge < -0.3 is 0 Å². The van der Waals surface area contributed by atoms with Crippen LogP contribution in [0.1, 0.15) is 45.4 Å². The number of aromatic nitrogens is 1. The molecule has 0 radical (unpaired) electrons. The Morgan fingerprint density at radius 2 is 1.92 bits per heavy atom. The topological polar surface area (TPSA) is 12.9 Å². The summed E-state index contributed by atoms with van der Waals surface area (Å²) >= 11 is 0. The zero-order chi connectivity index (χ0) is 9.90. The van der Waals surface area contributed by atoms with E-state index in [9.17, 15) is 0 Å². The summed E-state index contributed by atoms with van der Waals surface area (Å²) in [5, 5.41) is 0. The predicted molar refractivity (Wildman–Crippen MR) is 56.9 cm³/mol. The van der Waals surface area contributed by atoms with Gasteiger partial charge in [0.2, 0.25) is 0 Å². The molecule has 0 spiro atoms. The van der Waals surface area contributed by atoms with Gasteiger partial charge in [-0.2, -0.15) is 0 Å². The molecule has 1 rings (SSSR count). The molecule has 13 heavy (non-hydrogen) atoms. The van der Waals surface area contributed by atoms with Gasteiger partial charge in [-0.1, -0.05) is 33.8 Å². The highest BCUT2D eigenvalue weighted by Gasteiger charge is 2.18. The van der Waals surface area contributed by atoms with Gasteiger partial charge in [0.15, 0.2) is 0 Å². The Morgan fingerprint density at radius 3 is 2.31 bits per heavy atom. The first kappa shape index (κ1) is 10.2. The van der Waals surface area contributed by atoms with E-state index in [4.69, 9.17) is 0 Å². The van der Waals surface area contributed by atoms with E-state index in [2.05, 4.69) is 44.8 Å². The number of nitrogens with zero attached hydrogens (tertiary/aromatic N) is 1. The summed E-state index contributed by atoms with van der Waals surface area (Å²) in [7, 11) is 0. The van der Waals surface area contributed by atoms with Crippen LogP contribution in [0.5, 0.6) is 0 Å². The molecule has 0 saturated heterocycles. The smallest absolute Gasteiger partial charge is 0.0459 e. The van der Waals surface area contributed by atoms with Crippen molar-refractivity contribution in [2.24, 2.45) is 0 Å². The third-order valence-corrected chi connectivity index (χ3v) is 2.81. The van der Waals surface area contributed by atoms with Gasteiger partial charge in [-0.3, -0.25) is 4.98 Å². The van der Waals surface area contributed by atoms with Gasteiger partial charge >= 0.3 is 0 Å². The number of pyridine rings is 1. The van der Waals surface area contributed by atoms with Crippen molar-refractivity contribution in [1.29, 1.82) is 0 Å². The van der Waals surface area contributed by atoms with Gasteiger partial charge in [0.05, 0.1) is 0 Å². The molecule has 0 aliphatic carbocycles. The Balaban J connectivity index is 2.92. The predicted octanol–water partition coefficient (Wildman–Crippen LogP) is 3.33. The van der Waals surface area contributed by atoms with Crippen LogP contribution in [0.4, 0.5) is 0 Å². The van der Waals surface area contributed by atoms with E-state index in [1.807, 2.05) is 6.20 Å². The molecule has 0 atom stereocenters. The molecular weight excluding hydrogens is 158 g/mol. The molecule has 1 aromatic rings. The summed E-state index contributed by atoms with van der Waals surface area (Å²) < 4.78 is 0. The second-order valence-corrected chi connectivity index (χ2v) is 4.14. The van der Waals surface area contributed by atoms with Gasteiger partial charge in [-0.25, -0.2) is 0 Å².